The topological polar surface area (TPSA) is 72.0 Å². The van der Waals surface area contributed by atoms with Gasteiger partial charge in [0.1, 0.15) is 29.9 Å². The monoisotopic (exact) mass is 538 g/mol. The van der Waals surface area contributed by atoms with Crippen LogP contribution in [-0.4, -0.2) is 42.7 Å². The summed E-state index contributed by atoms with van der Waals surface area (Å²) < 4.78 is 31.9. The normalized spacial score (nSPS) is 14.6. The van der Waals surface area contributed by atoms with Gasteiger partial charge in [-0.2, -0.15) is 10.2 Å². The third kappa shape index (κ3) is 6.30. The molecule has 1 N–H and O–H groups in total. The van der Waals surface area contributed by atoms with Crippen molar-refractivity contribution in [1.29, 1.82) is 0 Å². The Morgan fingerprint density at radius 3 is 2.38 bits per heavy atom. The van der Waals surface area contributed by atoms with Gasteiger partial charge in [-0.25, -0.2) is 18.4 Å². The number of halogens is 2. The molecule has 2 heterocycles. The maximum Gasteiger partial charge on any atom is 0.137 e. The first-order valence-electron chi connectivity index (χ1n) is 13.7. The Hall–Kier alpha value is -3.33. The molecular weight excluding hydrogens is 498 g/mol. The SMILES string of the molecule is CCC(CC)CN(CC(C)(C)C)c1ccc2c(cnn2[C@H](C)[C@](O)(Cn2cncn2)c2ccc(F)cc2F)c1. The molecule has 0 bridgehead atoms. The molecule has 2 aromatic heterocycles. The van der Waals surface area contributed by atoms with Crippen molar-refractivity contribution < 1.29 is 13.9 Å². The molecule has 7 nitrogen and oxygen atoms in total. The number of hydrogen-bond acceptors (Lipinski definition) is 5. The molecule has 0 spiro atoms. The molecular formula is C30H40F2N6O. The number of rotatable bonds is 11. The molecule has 0 aliphatic heterocycles. The summed E-state index contributed by atoms with van der Waals surface area (Å²) in [6, 6.07) is 8.73. The second kappa shape index (κ2) is 11.4. The second-order valence-electron chi connectivity index (χ2n) is 11.8. The Morgan fingerprint density at radius 1 is 1.03 bits per heavy atom. The lowest BCUT2D eigenvalue weighted by atomic mass is 9.86. The molecule has 210 valence electrons. The van der Waals surface area contributed by atoms with E-state index < -0.39 is 23.3 Å². The van der Waals surface area contributed by atoms with E-state index in [-0.39, 0.29) is 17.5 Å². The molecule has 4 aromatic rings. The van der Waals surface area contributed by atoms with Crippen molar-refractivity contribution in [2.75, 3.05) is 18.0 Å². The number of aromatic nitrogens is 5. The van der Waals surface area contributed by atoms with Crippen molar-refractivity contribution in [2.45, 2.75) is 72.6 Å². The lowest BCUT2D eigenvalue weighted by Crippen LogP contribution is -2.41. The second-order valence-corrected chi connectivity index (χ2v) is 11.8. The minimum Gasteiger partial charge on any atom is -0.381 e. The van der Waals surface area contributed by atoms with E-state index in [1.54, 1.807) is 17.8 Å². The largest absolute Gasteiger partial charge is 0.381 e. The molecule has 2 atom stereocenters. The summed E-state index contributed by atoms with van der Waals surface area (Å²) in [4.78, 5) is 6.40. The van der Waals surface area contributed by atoms with Gasteiger partial charge in [0, 0.05) is 35.8 Å². The van der Waals surface area contributed by atoms with E-state index in [9.17, 15) is 9.50 Å². The number of aliphatic hydroxyl groups is 1. The van der Waals surface area contributed by atoms with Crippen LogP contribution in [0.4, 0.5) is 14.5 Å². The van der Waals surface area contributed by atoms with E-state index in [0.717, 1.165) is 54.7 Å². The molecule has 4 rings (SSSR count). The van der Waals surface area contributed by atoms with Crippen LogP contribution in [0, 0.1) is 23.0 Å². The molecule has 9 heteroatoms. The van der Waals surface area contributed by atoms with Crippen LogP contribution < -0.4 is 4.90 Å². The third-order valence-electron chi connectivity index (χ3n) is 7.57. The van der Waals surface area contributed by atoms with E-state index in [1.807, 2.05) is 6.07 Å². The van der Waals surface area contributed by atoms with Crippen LogP contribution in [0.5, 0.6) is 0 Å². The fraction of sp³-hybridized carbons (Fsp3) is 0.500. The van der Waals surface area contributed by atoms with Crippen molar-refractivity contribution in [3.05, 3.63) is 72.4 Å². The number of nitrogens with zero attached hydrogens (tertiary/aromatic N) is 6. The van der Waals surface area contributed by atoms with E-state index in [0.29, 0.717) is 5.92 Å². The fourth-order valence-corrected chi connectivity index (χ4v) is 5.28. The van der Waals surface area contributed by atoms with E-state index in [1.165, 1.54) is 23.4 Å². The maximum atomic E-state index is 15.0. The van der Waals surface area contributed by atoms with Crippen LogP contribution in [0.3, 0.4) is 0 Å². The molecule has 0 amide bonds. The summed E-state index contributed by atoms with van der Waals surface area (Å²) >= 11 is 0. The van der Waals surface area contributed by atoms with E-state index >= 15 is 4.39 Å². The van der Waals surface area contributed by atoms with Crippen LogP contribution in [0.15, 0.2) is 55.2 Å². The maximum absolute atomic E-state index is 15.0. The summed E-state index contributed by atoms with van der Waals surface area (Å²) in [6.45, 7) is 14.8. The Labute approximate surface area is 229 Å². The number of anilines is 1. The van der Waals surface area contributed by atoms with Gasteiger partial charge in [0.25, 0.3) is 0 Å². The van der Waals surface area contributed by atoms with Crippen molar-refractivity contribution in [3.8, 4) is 0 Å². The first-order valence-corrected chi connectivity index (χ1v) is 13.7. The van der Waals surface area contributed by atoms with Crippen molar-refractivity contribution in [3.63, 3.8) is 0 Å². The summed E-state index contributed by atoms with van der Waals surface area (Å²) in [5.74, 6) is -0.942. The highest BCUT2D eigenvalue weighted by Gasteiger charge is 2.41. The zero-order chi connectivity index (χ0) is 28.4. The Balaban J connectivity index is 1.74. The molecule has 0 aliphatic rings. The van der Waals surface area contributed by atoms with Gasteiger partial charge in [-0.3, -0.25) is 4.68 Å². The molecule has 0 radical (unpaired) electrons. The predicted molar refractivity (Wildman–Crippen MR) is 150 cm³/mol. The fourth-order valence-electron chi connectivity index (χ4n) is 5.28. The average molecular weight is 539 g/mol. The summed E-state index contributed by atoms with van der Waals surface area (Å²) in [5, 5.41) is 21.7. The zero-order valence-electron chi connectivity index (χ0n) is 23.8. The van der Waals surface area contributed by atoms with Crippen LogP contribution >= 0.6 is 0 Å². The van der Waals surface area contributed by atoms with Gasteiger partial charge in [0.05, 0.1) is 24.3 Å². The van der Waals surface area contributed by atoms with Gasteiger partial charge in [0.2, 0.25) is 0 Å². The zero-order valence-corrected chi connectivity index (χ0v) is 23.8. The minimum atomic E-state index is -1.79. The number of benzene rings is 2. The van der Waals surface area contributed by atoms with Gasteiger partial charge in [-0.05, 0) is 42.5 Å². The third-order valence-corrected chi connectivity index (χ3v) is 7.57. The van der Waals surface area contributed by atoms with Gasteiger partial charge in [-0.15, -0.1) is 0 Å². The Kier molecular flexibility index (Phi) is 8.39. The molecule has 0 saturated heterocycles. The highest BCUT2D eigenvalue weighted by molar-refractivity contribution is 5.83. The van der Waals surface area contributed by atoms with Crippen LogP contribution in [0.1, 0.15) is 66.0 Å². The lowest BCUT2D eigenvalue weighted by Gasteiger charge is -2.35. The van der Waals surface area contributed by atoms with Crippen molar-refractivity contribution >= 4 is 16.6 Å². The van der Waals surface area contributed by atoms with E-state index in [4.69, 9.17) is 0 Å². The average Bonchev–Trinajstić information content (AvgIpc) is 3.54. The molecule has 0 unspecified atom stereocenters. The standard InChI is InChI=1S/C30H40F2N6O/c1-7-22(8-2)16-36(17-29(4,5)6)25-10-12-28-23(13-25)15-34-38(28)21(3)30(39,18-37-20-33-19-35-37)26-11-9-24(31)14-27(26)32/h9-15,19-22,39H,7-8,16-18H2,1-6H3/t21-,30-/m1/s1. The quantitative estimate of drug-likeness (QED) is 0.241. The number of fused-ring (bicyclic) bond motifs is 1. The van der Waals surface area contributed by atoms with Crippen LogP contribution in [0.2, 0.25) is 0 Å². The van der Waals surface area contributed by atoms with Crippen molar-refractivity contribution in [2.24, 2.45) is 11.3 Å². The van der Waals surface area contributed by atoms with Gasteiger partial charge in [0.15, 0.2) is 0 Å². The van der Waals surface area contributed by atoms with Crippen molar-refractivity contribution in [1.82, 2.24) is 24.5 Å². The highest BCUT2D eigenvalue weighted by atomic mass is 19.1. The molecule has 0 fully saturated rings. The summed E-state index contributed by atoms with van der Waals surface area (Å²) in [5.41, 5.74) is 0.227. The number of hydrogen-bond donors (Lipinski definition) is 1. The van der Waals surface area contributed by atoms with E-state index in [2.05, 4.69) is 66.8 Å². The Morgan fingerprint density at radius 2 is 1.77 bits per heavy atom. The van der Waals surface area contributed by atoms with Crippen LogP contribution in [-0.2, 0) is 12.1 Å². The first-order chi connectivity index (χ1) is 18.4. The smallest absolute Gasteiger partial charge is 0.137 e. The summed E-state index contributed by atoms with van der Waals surface area (Å²) in [6.07, 6.45) is 6.83. The van der Waals surface area contributed by atoms with Crippen LogP contribution in [0.25, 0.3) is 10.9 Å². The molecule has 0 aliphatic carbocycles. The first kappa shape index (κ1) is 28.7. The lowest BCUT2D eigenvalue weighted by molar-refractivity contribution is -0.0354. The van der Waals surface area contributed by atoms with Gasteiger partial charge in [-0.1, -0.05) is 53.5 Å². The van der Waals surface area contributed by atoms with Gasteiger partial charge >= 0.3 is 0 Å². The Bertz CT molecular complexity index is 1380. The summed E-state index contributed by atoms with van der Waals surface area (Å²) in [7, 11) is 0. The molecule has 0 saturated carbocycles. The molecule has 39 heavy (non-hydrogen) atoms. The van der Waals surface area contributed by atoms with Gasteiger partial charge < -0.3 is 10.0 Å². The minimum absolute atomic E-state index is 0.0336. The molecule has 2 aromatic carbocycles. The predicted octanol–water partition coefficient (Wildman–Crippen LogP) is 6.34. The highest BCUT2D eigenvalue weighted by Crippen LogP contribution is 2.38.